The van der Waals surface area contributed by atoms with Crippen molar-refractivity contribution in [2.75, 3.05) is 11.9 Å². The lowest BCUT2D eigenvalue weighted by atomic mass is 10.1. The standard InChI is InChI=1S/C17H23N5OS/c1-10(2)16(23)22-7-5-6-13(22)15-19-11(3)8-14(20-15)21-17-18-9-12(4)24-17/h8-10,13H,5-7H2,1-4H3,(H,18,19,20,21). The molecule has 0 aliphatic carbocycles. The Kier molecular flexibility index (Phi) is 4.80. The number of likely N-dealkylation sites (tertiary alicyclic amines) is 1. The molecule has 24 heavy (non-hydrogen) atoms. The van der Waals surface area contributed by atoms with Crippen LogP contribution in [0.3, 0.4) is 0 Å². The Morgan fingerprint density at radius 3 is 2.83 bits per heavy atom. The second-order valence-corrected chi connectivity index (χ2v) is 7.73. The van der Waals surface area contributed by atoms with Crippen LogP contribution in [0.5, 0.6) is 0 Å². The van der Waals surface area contributed by atoms with E-state index >= 15 is 0 Å². The van der Waals surface area contributed by atoms with Crippen LogP contribution in [0.1, 0.15) is 49.1 Å². The highest BCUT2D eigenvalue weighted by Gasteiger charge is 2.33. The summed E-state index contributed by atoms with van der Waals surface area (Å²) in [5, 5.41) is 4.07. The fraction of sp³-hybridized carbons (Fsp3) is 0.529. The Labute approximate surface area is 146 Å². The van der Waals surface area contributed by atoms with Crippen LogP contribution in [-0.4, -0.2) is 32.3 Å². The number of aryl methyl sites for hydroxylation is 2. The fourth-order valence-electron chi connectivity index (χ4n) is 2.96. The Balaban J connectivity index is 1.86. The first-order valence-electron chi connectivity index (χ1n) is 8.29. The number of rotatable bonds is 4. The summed E-state index contributed by atoms with van der Waals surface area (Å²) in [5.74, 6) is 1.62. The van der Waals surface area contributed by atoms with E-state index in [0.717, 1.165) is 46.7 Å². The van der Waals surface area contributed by atoms with E-state index in [4.69, 9.17) is 0 Å². The van der Waals surface area contributed by atoms with Crippen molar-refractivity contribution in [2.45, 2.75) is 46.6 Å². The van der Waals surface area contributed by atoms with E-state index in [1.54, 1.807) is 11.3 Å². The maximum atomic E-state index is 12.4. The van der Waals surface area contributed by atoms with Crippen molar-refractivity contribution in [3.05, 3.63) is 28.7 Å². The zero-order chi connectivity index (χ0) is 17.3. The Bertz CT molecular complexity index is 742. The van der Waals surface area contributed by atoms with Gasteiger partial charge in [0.2, 0.25) is 5.91 Å². The van der Waals surface area contributed by atoms with Crippen LogP contribution in [0.25, 0.3) is 0 Å². The van der Waals surface area contributed by atoms with Gasteiger partial charge in [-0.2, -0.15) is 0 Å². The minimum Gasteiger partial charge on any atom is -0.332 e. The summed E-state index contributed by atoms with van der Waals surface area (Å²) < 4.78 is 0. The summed E-state index contributed by atoms with van der Waals surface area (Å²) in [6.45, 7) is 8.63. The van der Waals surface area contributed by atoms with Crippen molar-refractivity contribution >= 4 is 28.2 Å². The number of nitrogens with zero attached hydrogens (tertiary/aromatic N) is 4. The highest BCUT2D eigenvalue weighted by Crippen LogP contribution is 2.32. The average molecular weight is 345 g/mol. The molecule has 1 N–H and O–H groups in total. The molecule has 0 saturated carbocycles. The first-order chi connectivity index (χ1) is 11.4. The van der Waals surface area contributed by atoms with Gasteiger partial charge in [-0.15, -0.1) is 11.3 Å². The smallest absolute Gasteiger partial charge is 0.225 e. The van der Waals surface area contributed by atoms with E-state index in [-0.39, 0.29) is 17.9 Å². The maximum absolute atomic E-state index is 12.4. The summed E-state index contributed by atoms with van der Waals surface area (Å²) in [5.41, 5.74) is 0.889. The predicted molar refractivity (Wildman–Crippen MR) is 95.4 cm³/mol. The molecule has 3 heterocycles. The molecular formula is C17H23N5OS. The monoisotopic (exact) mass is 345 g/mol. The molecule has 1 atom stereocenters. The zero-order valence-electron chi connectivity index (χ0n) is 14.5. The quantitative estimate of drug-likeness (QED) is 0.916. The minimum absolute atomic E-state index is 0.00806. The van der Waals surface area contributed by atoms with Gasteiger partial charge in [-0.3, -0.25) is 4.79 Å². The van der Waals surface area contributed by atoms with Crippen molar-refractivity contribution in [1.29, 1.82) is 0 Å². The van der Waals surface area contributed by atoms with E-state index in [9.17, 15) is 4.79 Å². The van der Waals surface area contributed by atoms with Crippen LogP contribution >= 0.6 is 11.3 Å². The van der Waals surface area contributed by atoms with Gasteiger partial charge in [0.15, 0.2) is 11.0 Å². The van der Waals surface area contributed by atoms with E-state index in [0.29, 0.717) is 0 Å². The molecule has 0 bridgehead atoms. The lowest BCUT2D eigenvalue weighted by Crippen LogP contribution is -2.34. The predicted octanol–water partition coefficient (Wildman–Crippen LogP) is 3.61. The normalized spacial score (nSPS) is 17.5. The molecule has 1 fully saturated rings. The second kappa shape index (κ2) is 6.84. The van der Waals surface area contributed by atoms with Gasteiger partial charge < -0.3 is 10.2 Å². The molecule has 1 saturated heterocycles. The number of carbonyl (C=O) groups excluding carboxylic acids is 1. The molecule has 0 aromatic carbocycles. The van der Waals surface area contributed by atoms with Crippen molar-refractivity contribution in [1.82, 2.24) is 19.9 Å². The number of carbonyl (C=O) groups is 1. The molecule has 1 aliphatic heterocycles. The summed E-state index contributed by atoms with van der Waals surface area (Å²) >= 11 is 1.59. The summed E-state index contributed by atoms with van der Waals surface area (Å²) in [6.07, 6.45) is 3.74. The van der Waals surface area contributed by atoms with Gasteiger partial charge in [0.25, 0.3) is 0 Å². The Morgan fingerprint density at radius 1 is 1.38 bits per heavy atom. The van der Waals surface area contributed by atoms with Crippen molar-refractivity contribution in [3.8, 4) is 0 Å². The number of aromatic nitrogens is 3. The lowest BCUT2D eigenvalue weighted by molar-refractivity contribution is -0.135. The van der Waals surface area contributed by atoms with E-state index in [2.05, 4.69) is 20.3 Å². The van der Waals surface area contributed by atoms with Gasteiger partial charge in [-0.1, -0.05) is 13.8 Å². The number of hydrogen-bond donors (Lipinski definition) is 1. The van der Waals surface area contributed by atoms with Gasteiger partial charge in [-0.05, 0) is 26.7 Å². The number of hydrogen-bond acceptors (Lipinski definition) is 6. The van der Waals surface area contributed by atoms with Crippen LogP contribution in [0, 0.1) is 19.8 Å². The number of amides is 1. The van der Waals surface area contributed by atoms with Crippen LogP contribution in [0.4, 0.5) is 10.9 Å². The van der Waals surface area contributed by atoms with Gasteiger partial charge in [-0.25, -0.2) is 15.0 Å². The second-order valence-electron chi connectivity index (χ2n) is 6.50. The molecule has 2 aromatic rings. The molecule has 7 heteroatoms. The Morgan fingerprint density at radius 2 is 2.17 bits per heavy atom. The SMILES string of the molecule is Cc1cc(Nc2ncc(C)s2)nc(C2CCCN2C(=O)C(C)C)n1. The minimum atomic E-state index is -0.0293. The first kappa shape index (κ1) is 16.8. The molecule has 128 valence electrons. The zero-order valence-corrected chi connectivity index (χ0v) is 15.4. The third-order valence-electron chi connectivity index (χ3n) is 4.06. The molecule has 6 nitrogen and oxygen atoms in total. The van der Waals surface area contributed by atoms with Gasteiger partial charge >= 0.3 is 0 Å². The topological polar surface area (TPSA) is 71.0 Å². The van der Waals surface area contributed by atoms with Gasteiger partial charge in [0.05, 0.1) is 6.04 Å². The summed E-state index contributed by atoms with van der Waals surface area (Å²) in [4.78, 5) is 29.1. The summed E-state index contributed by atoms with van der Waals surface area (Å²) in [6, 6.07) is 1.88. The molecule has 2 aromatic heterocycles. The third kappa shape index (κ3) is 3.56. The van der Waals surface area contributed by atoms with E-state index < -0.39 is 0 Å². The van der Waals surface area contributed by atoms with E-state index in [1.165, 1.54) is 0 Å². The van der Waals surface area contributed by atoms with Crippen LogP contribution in [-0.2, 0) is 4.79 Å². The average Bonchev–Trinajstić information content (AvgIpc) is 3.14. The fourth-order valence-corrected chi connectivity index (χ4v) is 3.63. The first-order valence-corrected chi connectivity index (χ1v) is 9.11. The number of anilines is 2. The highest BCUT2D eigenvalue weighted by molar-refractivity contribution is 7.15. The number of nitrogens with one attached hydrogen (secondary N) is 1. The van der Waals surface area contributed by atoms with Crippen LogP contribution in [0.15, 0.2) is 12.3 Å². The van der Waals surface area contributed by atoms with Gasteiger partial charge in [0.1, 0.15) is 5.82 Å². The summed E-state index contributed by atoms with van der Waals surface area (Å²) in [7, 11) is 0. The van der Waals surface area contributed by atoms with Crippen molar-refractivity contribution in [3.63, 3.8) is 0 Å². The molecule has 3 rings (SSSR count). The Hall–Kier alpha value is -2.02. The number of thiazole rings is 1. The maximum Gasteiger partial charge on any atom is 0.225 e. The molecule has 1 amide bonds. The van der Waals surface area contributed by atoms with Crippen molar-refractivity contribution < 1.29 is 4.79 Å². The molecule has 1 aliphatic rings. The van der Waals surface area contributed by atoms with Crippen LogP contribution < -0.4 is 5.32 Å². The molecule has 0 spiro atoms. The molecular weight excluding hydrogens is 322 g/mol. The lowest BCUT2D eigenvalue weighted by Gasteiger charge is -2.25. The molecule has 1 unspecified atom stereocenters. The highest BCUT2D eigenvalue weighted by atomic mass is 32.1. The van der Waals surface area contributed by atoms with Crippen molar-refractivity contribution in [2.24, 2.45) is 5.92 Å². The third-order valence-corrected chi connectivity index (χ3v) is 4.88. The van der Waals surface area contributed by atoms with E-state index in [1.807, 2.05) is 44.9 Å². The van der Waals surface area contributed by atoms with Gasteiger partial charge in [0, 0.05) is 35.3 Å². The molecule has 0 radical (unpaired) electrons. The van der Waals surface area contributed by atoms with Crippen LogP contribution in [0.2, 0.25) is 0 Å². The largest absolute Gasteiger partial charge is 0.332 e.